The molecule has 146 valence electrons. The van der Waals surface area contributed by atoms with E-state index in [0.717, 1.165) is 0 Å². The Morgan fingerprint density at radius 3 is 1.97 bits per heavy atom. The molecule has 29 heavy (non-hydrogen) atoms. The quantitative estimate of drug-likeness (QED) is 0.702. The molecule has 5 nitrogen and oxygen atoms in total. The van der Waals surface area contributed by atoms with Gasteiger partial charge in [0.25, 0.3) is 5.91 Å². The minimum Gasteiger partial charge on any atom is -0.502 e. The average molecular weight is 409 g/mol. The summed E-state index contributed by atoms with van der Waals surface area (Å²) in [5.74, 6) is -2.20. The number of hydrogen-bond acceptors (Lipinski definition) is 4. The van der Waals surface area contributed by atoms with Crippen molar-refractivity contribution in [3.8, 4) is 0 Å². The fraction of sp³-hybridized carbons (Fsp3) is 0.0455. The van der Waals surface area contributed by atoms with Crippen molar-refractivity contribution in [2.45, 2.75) is 10.9 Å². The largest absolute Gasteiger partial charge is 0.502 e. The minimum absolute atomic E-state index is 0.0313. The van der Waals surface area contributed by atoms with Crippen molar-refractivity contribution in [2.24, 2.45) is 0 Å². The van der Waals surface area contributed by atoms with Gasteiger partial charge in [-0.3, -0.25) is 9.69 Å². The van der Waals surface area contributed by atoms with Gasteiger partial charge in [0.1, 0.15) is 16.8 Å². The van der Waals surface area contributed by atoms with Crippen molar-refractivity contribution in [2.75, 3.05) is 4.90 Å². The molecule has 0 fully saturated rings. The summed E-state index contributed by atoms with van der Waals surface area (Å²) < 4.78 is 40.1. The maximum atomic E-state index is 13.4. The molecule has 0 aliphatic carbocycles. The lowest BCUT2D eigenvalue weighted by atomic mass is 10.1. The van der Waals surface area contributed by atoms with Crippen LogP contribution in [0.5, 0.6) is 0 Å². The van der Waals surface area contributed by atoms with Crippen molar-refractivity contribution in [3.05, 3.63) is 107 Å². The van der Waals surface area contributed by atoms with E-state index < -0.39 is 38.3 Å². The zero-order valence-corrected chi connectivity index (χ0v) is 15.9. The number of hydrogen-bond donors (Lipinski definition) is 1. The molecule has 1 amide bonds. The number of sulfone groups is 1. The Bertz CT molecular complexity index is 1190. The summed E-state index contributed by atoms with van der Waals surface area (Å²) in [4.78, 5) is 13.7. The van der Waals surface area contributed by atoms with E-state index in [2.05, 4.69) is 0 Å². The van der Waals surface area contributed by atoms with Gasteiger partial charge in [-0.25, -0.2) is 12.8 Å². The standard InChI is InChI=1S/C22H16FNO4S/c23-16-11-13-17(14-12-16)24-19(15-7-3-1-4-8-15)21(20(25)22(24)26)29(27,28)18-9-5-2-6-10-18/h1-14,19,25H. The molecule has 3 aromatic carbocycles. The number of aliphatic hydroxyl groups excluding tert-OH is 1. The molecular weight excluding hydrogens is 393 g/mol. The highest BCUT2D eigenvalue weighted by Gasteiger charge is 2.47. The first kappa shape index (κ1) is 18.9. The number of amides is 1. The number of rotatable bonds is 4. The number of aliphatic hydroxyl groups is 1. The molecule has 7 heteroatoms. The third-order valence-electron chi connectivity index (χ3n) is 4.72. The van der Waals surface area contributed by atoms with E-state index in [9.17, 15) is 22.7 Å². The summed E-state index contributed by atoms with van der Waals surface area (Å²) in [5, 5.41) is 10.6. The van der Waals surface area contributed by atoms with Crippen LogP contribution in [-0.2, 0) is 14.6 Å². The molecular formula is C22H16FNO4S. The predicted molar refractivity (Wildman–Crippen MR) is 106 cm³/mol. The SMILES string of the molecule is O=C1C(O)=C(S(=O)(=O)c2ccccc2)C(c2ccccc2)N1c1ccc(F)cc1. The molecule has 0 radical (unpaired) electrons. The molecule has 1 aliphatic rings. The number of halogens is 1. The zero-order chi connectivity index (χ0) is 20.6. The summed E-state index contributed by atoms with van der Waals surface area (Å²) in [6.07, 6.45) is 0. The first-order valence-corrected chi connectivity index (χ1v) is 10.3. The molecule has 1 atom stereocenters. The number of carbonyl (C=O) groups excluding carboxylic acids is 1. The highest BCUT2D eigenvalue weighted by molar-refractivity contribution is 7.95. The normalized spacial score (nSPS) is 17.1. The van der Waals surface area contributed by atoms with Gasteiger partial charge in [0.15, 0.2) is 5.76 Å². The lowest BCUT2D eigenvalue weighted by molar-refractivity contribution is -0.117. The van der Waals surface area contributed by atoms with Crippen LogP contribution in [0.25, 0.3) is 0 Å². The van der Waals surface area contributed by atoms with Crippen LogP contribution in [0.2, 0.25) is 0 Å². The number of anilines is 1. The first-order valence-electron chi connectivity index (χ1n) is 8.78. The Kier molecular flexibility index (Phi) is 4.68. The van der Waals surface area contributed by atoms with Crippen LogP contribution < -0.4 is 4.90 Å². The molecule has 4 rings (SSSR count). The number of benzene rings is 3. The molecule has 0 bridgehead atoms. The average Bonchev–Trinajstić information content (AvgIpc) is 3.01. The van der Waals surface area contributed by atoms with E-state index in [0.29, 0.717) is 5.56 Å². The van der Waals surface area contributed by atoms with E-state index in [4.69, 9.17) is 0 Å². The van der Waals surface area contributed by atoms with Crippen molar-refractivity contribution < 1.29 is 22.7 Å². The second kappa shape index (κ2) is 7.18. The van der Waals surface area contributed by atoms with Gasteiger partial charge in [0.05, 0.1) is 4.90 Å². The van der Waals surface area contributed by atoms with E-state index in [-0.39, 0.29) is 10.6 Å². The lowest BCUT2D eigenvalue weighted by Gasteiger charge is -2.27. The van der Waals surface area contributed by atoms with Crippen molar-refractivity contribution >= 4 is 21.4 Å². The first-order chi connectivity index (χ1) is 13.9. The molecule has 1 N–H and O–H groups in total. The predicted octanol–water partition coefficient (Wildman–Crippen LogP) is 4.16. The third kappa shape index (κ3) is 3.19. The molecule has 0 spiro atoms. The molecule has 0 saturated carbocycles. The van der Waals surface area contributed by atoms with Crippen LogP contribution in [0, 0.1) is 5.82 Å². The Balaban J connectivity index is 1.94. The van der Waals surface area contributed by atoms with Crippen LogP contribution in [0.1, 0.15) is 11.6 Å². The summed E-state index contributed by atoms with van der Waals surface area (Å²) in [7, 11) is -4.17. The van der Waals surface area contributed by atoms with Gasteiger partial charge < -0.3 is 5.11 Å². The second-order valence-corrected chi connectivity index (χ2v) is 8.41. The van der Waals surface area contributed by atoms with Crippen molar-refractivity contribution in [3.63, 3.8) is 0 Å². The minimum atomic E-state index is -4.17. The molecule has 3 aromatic rings. The highest BCUT2D eigenvalue weighted by Crippen LogP contribution is 2.44. The Morgan fingerprint density at radius 2 is 1.38 bits per heavy atom. The zero-order valence-electron chi connectivity index (χ0n) is 15.1. The fourth-order valence-electron chi connectivity index (χ4n) is 3.39. The molecule has 0 aromatic heterocycles. The van der Waals surface area contributed by atoms with E-state index in [1.807, 2.05) is 0 Å². The summed E-state index contributed by atoms with van der Waals surface area (Å²) in [5.41, 5.74) is 0.777. The monoisotopic (exact) mass is 409 g/mol. The Morgan fingerprint density at radius 1 is 0.828 bits per heavy atom. The van der Waals surface area contributed by atoms with Gasteiger partial charge in [0, 0.05) is 5.69 Å². The van der Waals surface area contributed by atoms with Crippen molar-refractivity contribution in [1.82, 2.24) is 0 Å². The number of nitrogens with zero attached hydrogens (tertiary/aromatic N) is 1. The van der Waals surface area contributed by atoms with Crippen LogP contribution in [0.3, 0.4) is 0 Å². The molecule has 1 heterocycles. The van der Waals surface area contributed by atoms with Gasteiger partial charge in [-0.1, -0.05) is 48.5 Å². The molecule has 1 aliphatic heterocycles. The number of carbonyl (C=O) groups is 1. The van der Waals surface area contributed by atoms with E-state index in [1.165, 1.54) is 41.3 Å². The third-order valence-corrected chi connectivity index (χ3v) is 6.61. The Labute approximate surface area is 167 Å². The van der Waals surface area contributed by atoms with Gasteiger partial charge in [-0.15, -0.1) is 0 Å². The molecule has 1 unspecified atom stereocenters. The van der Waals surface area contributed by atoms with Crippen LogP contribution in [-0.4, -0.2) is 19.4 Å². The summed E-state index contributed by atoms with van der Waals surface area (Å²) in [6.45, 7) is 0. The van der Waals surface area contributed by atoms with Crippen LogP contribution in [0.15, 0.2) is 100 Å². The summed E-state index contributed by atoms with van der Waals surface area (Å²) >= 11 is 0. The van der Waals surface area contributed by atoms with Gasteiger partial charge in [-0.05, 0) is 42.0 Å². The second-order valence-electron chi connectivity index (χ2n) is 6.49. The highest BCUT2D eigenvalue weighted by atomic mass is 32.2. The van der Waals surface area contributed by atoms with E-state index >= 15 is 0 Å². The fourth-order valence-corrected chi connectivity index (χ4v) is 5.03. The van der Waals surface area contributed by atoms with Crippen LogP contribution >= 0.6 is 0 Å². The molecule has 0 saturated heterocycles. The topological polar surface area (TPSA) is 74.7 Å². The Hall–Kier alpha value is -3.45. The van der Waals surface area contributed by atoms with Crippen molar-refractivity contribution in [1.29, 1.82) is 0 Å². The smallest absolute Gasteiger partial charge is 0.295 e. The van der Waals surface area contributed by atoms with Crippen LogP contribution in [0.4, 0.5) is 10.1 Å². The maximum Gasteiger partial charge on any atom is 0.295 e. The van der Waals surface area contributed by atoms with Gasteiger partial charge >= 0.3 is 0 Å². The van der Waals surface area contributed by atoms with Gasteiger partial charge in [-0.2, -0.15) is 0 Å². The maximum absolute atomic E-state index is 13.4. The van der Waals surface area contributed by atoms with Gasteiger partial charge in [0.2, 0.25) is 9.84 Å². The lowest BCUT2D eigenvalue weighted by Crippen LogP contribution is -2.31. The summed E-state index contributed by atoms with van der Waals surface area (Å²) in [6, 6.07) is 20.2. The van der Waals surface area contributed by atoms with E-state index in [1.54, 1.807) is 48.5 Å².